The van der Waals surface area contributed by atoms with Crippen molar-refractivity contribution in [2.45, 2.75) is 0 Å². The van der Waals surface area contributed by atoms with Crippen LogP contribution in [0, 0.1) is 11.3 Å². The molecule has 3 rings (SSSR count). The first-order valence-corrected chi connectivity index (χ1v) is 7.27. The van der Waals surface area contributed by atoms with Crippen LogP contribution in [0.4, 0.5) is 17.1 Å². The summed E-state index contributed by atoms with van der Waals surface area (Å²) in [5.41, 5.74) is 3.43. The predicted octanol–water partition coefficient (Wildman–Crippen LogP) is 5.68. The number of rotatable bonds is 3. The Morgan fingerprint density at radius 1 is 0.727 bits per heavy atom. The third kappa shape index (κ3) is 2.81. The summed E-state index contributed by atoms with van der Waals surface area (Å²) < 4.78 is 0. The summed E-state index contributed by atoms with van der Waals surface area (Å²) in [6.07, 6.45) is 0. The fourth-order valence-corrected chi connectivity index (χ4v) is 2.50. The lowest BCUT2D eigenvalue weighted by Gasteiger charge is -2.25. The van der Waals surface area contributed by atoms with Gasteiger partial charge in [-0.1, -0.05) is 48.0 Å². The van der Waals surface area contributed by atoms with Crippen molar-refractivity contribution >= 4 is 28.7 Å². The maximum absolute atomic E-state index is 9.21. The first-order valence-electron chi connectivity index (χ1n) is 6.89. The van der Waals surface area contributed by atoms with E-state index in [4.69, 9.17) is 11.6 Å². The average molecular weight is 305 g/mol. The van der Waals surface area contributed by atoms with E-state index in [1.54, 1.807) is 6.07 Å². The van der Waals surface area contributed by atoms with Crippen molar-refractivity contribution in [2.24, 2.45) is 0 Å². The van der Waals surface area contributed by atoms with E-state index in [1.807, 2.05) is 72.8 Å². The van der Waals surface area contributed by atoms with Crippen LogP contribution in [0.1, 0.15) is 5.56 Å². The quantitative estimate of drug-likeness (QED) is 0.622. The Morgan fingerprint density at radius 2 is 1.27 bits per heavy atom. The number of hydrogen-bond donors (Lipinski definition) is 0. The Balaban J connectivity index is 2.17. The summed E-state index contributed by atoms with van der Waals surface area (Å²) in [5, 5.41) is 9.68. The van der Waals surface area contributed by atoms with E-state index in [9.17, 15) is 5.26 Å². The molecule has 0 radical (unpaired) electrons. The summed E-state index contributed by atoms with van der Waals surface area (Å²) in [5.74, 6) is 0. The molecule has 0 saturated heterocycles. The van der Waals surface area contributed by atoms with Crippen molar-refractivity contribution in [3.63, 3.8) is 0 Å². The van der Waals surface area contributed by atoms with E-state index in [0.717, 1.165) is 17.1 Å². The molecule has 0 spiro atoms. The molecule has 0 aliphatic rings. The largest absolute Gasteiger partial charge is 0.310 e. The number of hydrogen-bond acceptors (Lipinski definition) is 2. The number of para-hydroxylation sites is 2. The van der Waals surface area contributed by atoms with Gasteiger partial charge in [-0.25, -0.2) is 0 Å². The molecule has 106 valence electrons. The standard InChI is InChI=1S/C19H13ClN2/c20-19-12-11-18(13-15(19)14-21)22(16-7-3-1-4-8-16)17-9-5-2-6-10-17/h1-13H. The van der Waals surface area contributed by atoms with Crippen molar-refractivity contribution < 1.29 is 0 Å². The summed E-state index contributed by atoms with van der Waals surface area (Å²) >= 11 is 6.05. The second-order valence-corrected chi connectivity index (χ2v) is 5.19. The first kappa shape index (κ1) is 14.2. The van der Waals surface area contributed by atoms with Crippen molar-refractivity contribution in [2.75, 3.05) is 4.90 Å². The number of halogens is 1. The van der Waals surface area contributed by atoms with Crippen molar-refractivity contribution in [3.05, 3.63) is 89.4 Å². The molecule has 22 heavy (non-hydrogen) atoms. The highest BCUT2D eigenvalue weighted by atomic mass is 35.5. The van der Waals surface area contributed by atoms with Crippen LogP contribution in [0.5, 0.6) is 0 Å². The lowest BCUT2D eigenvalue weighted by atomic mass is 10.1. The second-order valence-electron chi connectivity index (χ2n) is 4.78. The smallest absolute Gasteiger partial charge is 0.101 e. The molecule has 3 heteroatoms. The van der Waals surface area contributed by atoms with Gasteiger partial charge < -0.3 is 4.90 Å². The fraction of sp³-hybridized carbons (Fsp3) is 0. The molecule has 0 N–H and O–H groups in total. The van der Waals surface area contributed by atoms with Gasteiger partial charge in [0.15, 0.2) is 0 Å². The van der Waals surface area contributed by atoms with Gasteiger partial charge in [0.05, 0.1) is 10.6 Å². The minimum Gasteiger partial charge on any atom is -0.310 e. The molecule has 0 fully saturated rings. The lowest BCUT2D eigenvalue weighted by Crippen LogP contribution is -2.09. The van der Waals surface area contributed by atoms with Crippen LogP contribution in [0.3, 0.4) is 0 Å². The Bertz CT molecular complexity index is 768. The molecule has 0 atom stereocenters. The van der Waals surface area contributed by atoms with E-state index >= 15 is 0 Å². The number of nitrogens with zero attached hydrogens (tertiary/aromatic N) is 2. The summed E-state index contributed by atoms with van der Waals surface area (Å²) in [6.45, 7) is 0. The second kappa shape index (κ2) is 6.34. The Morgan fingerprint density at radius 3 is 1.77 bits per heavy atom. The first-order chi connectivity index (χ1) is 10.8. The number of benzene rings is 3. The third-order valence-corrected chi connectivity index (χ3v) is 3.69. The van der Waals surface area contributed by atoms with Crippen LogP contribution in [0.25, 0.3) is 0 Å². The zero-order valence-corrected chi connectivity index (χ0v) is 12.5. The molecule has 0 saturated carbocycles. The zero-order chi connectivity index (χ0) is 15.4. The third-order valence-electron chi connectivity index (χ3n) is 3.36. The average Bonchev–Trinajstić information content (AvgIpc) is 2.58. The number of nitriles is 1. The highest BCUT2D eigenvalue weighted by Gasteiger charge is 2.13. The van der Waals surface area contributed by atoms with E-state index in [1.165, 1.54) is 0 Å². The lowest BCUT2D eigenvalue weighted by molar-refractivity contribution is 1.28. The van der Waals surface area contributed by atoms with Crippen LogP contribution >= 0.6 is 11.6 Å². The fourth-order valence-electron chi connectivity index (χ4n) is 2.34. The maximum Gasteiger partial charge on any atom is 0.101 e. The van der Waals surface area contributed by atoms with Gasteiger partial charge in [0.1, 0.15) is 6.07 Å². The Labute approximate surface area is 134 Å². The molecule has 0 aliphatic heterocycles. The molecule has 3 aromatic carbocycles. The molecule has 0 aliphatic carbocycles. The van der Waals surface area contributed by atoms with Gasteiger partial charge in [-0.15, -0.1) is 0 Å². The normalized spacial score (nSPS) is 10.0. The minimum absolute atomic E-state index is 0.465. The Hall–Kier alpha value is -2.76. The van der Waals surface area contributed by atoms with E-state index in [0.29, 0.717) is 10.6 Å². The molecular weight excluding hydrogens is 292 g/mol. The zero-order valence-electron chi connectivity index (χ0n) is 11.8. The van der Waals surface area contributed by atoms with Crippen LogP contribution in [-0.4, -0.2) is 0 Å². The van der Waals surface area contributed by atoms with Crippen LogP contribution in [0.15, 0.2) is 78.9 Å². The highest BCUT2D eigenvalue weighted by molar-refractivity contribution is 6.31. The number of anilines is 3. The van der Waals surface area contributed by atoms with Crippen LogP contribution in [0.2, 0.25) is 5.02 Å². The Kier molecular flexibility index (Phi) is 4.09. The van der Waals surface area contributed by atoms with Crippen molar-refractivity contribution in [1.82, 2.24) is 0 Å². The van der Waals surface area contributed by atoms with Gasteiger partial charge in [-0.05, 0) is 42.5 Å². The molecule has 2 nitrogen and oxygen atoms in total. The van der Waals surface area contributed by atoms with Gasteiger partial charge in [0.25, 0.3) is 0 Å². The van der Waals surface area contributed by atoms with Gasteiger partial charge in [-0.2, -0.15) is 5.26 Å². The monoisotopic (exact) mass is 304 g/mol. The molecule has 0 bridgehead atoms. The summed E-state index contributed by atoms with van der Waals surface area (Å²) in [6, 6.07) is 27.7. The molecule has 0 amide bonds. The van der Waals surface area contributed by atoms with Crippen molar-refractivity contribution in [3.8, 4) is 6.07 Å². The summed E-state index contributed by atoms with van der Waals surface area (Å²) in [7, 11) is 0. The minimum atomic E-state index is 0.465. The topological polar surface area (TPSA) is 27.0 Å². The van der Waals surface area contributed by atoms with Gasteiger partial charge >= 0.3 is 0 Å². The van der Waals surface area contributed by atoms with Gasteiger partial charge in [0.2, 0.25) is 0 Å². The van der Waals surface area contributed by atoms with E-state index in [2.05, 4.69) is 11.0 Å². The molecule has 0 aromatic heterocycles. The van der Waals surface area contributed by atoms with Gasteiger partial charge in [0, 0.05) is 17.1 Å². The maximum atomic E-state index is 9.21. The van der Waals surface area contributed by atoms with Crippen molar-refractivity contribution in [1.29, 1.82) is 5.26 Å². The molecule has 0 heterocycles. The van der Waals surface area contributed by atoms with E-state index in [-0.39, 0.29) is 0 Å². The summed E-state index contributed by atoms with van der Waals surface area (Å²) in [4.78, 5) is 2.09. The molecule has 3 aromatic rings. The van der Waals surface area contributed by atoms with Crippen LogP contribution < -0.4 is 4.90 Å². The van der Waals surface area contributed by atoms with E-state index < -0.39 is 0 Å². The molecule has 0 unspecified atom stereocenters. The highest BCUT2D eigenvalue weighted by Crippen LogP contribution is 2.35. The predicted molar refractivity (Wildman–Crippen MR) is 90.9 cm³/mol. The van der Waals surface area contributed by atoms with Gasteiger partial charge in [-0.3, -0.25) is 0 Å². The molecular formula is C19H13ClN2. The SMILES string of the molecule is N#Cc1cc(N(c2ccccc2)c2ccccc2)ccc1Cl. The van der Waals surface area contributed by atoms with Crippen LogP contribution in [-0.2, 0) is 0 Å².